The van der Waals surface area contributed by atoms with Gasteiger partial charge < -0.3 is 10.1 Å². The van der Waals surface area contributed by atoms with E-state index in [1.54, 1.807) is 42.5 Å². The number of anilines is 1. The second-order valence-electron chi connectivity index (χ2n) is 4.03. The second-order valence-corrected chi connectivity index (χ2v) is 4.55. The summed E-state index contributed by atoms with van der Waals surface area (Å²) in [6.45, 7) is 0. The second kappa shape index (κ2) is 6.13. The van der Waals surface area contributed by atoms with E-state index in [1.807, 2.05) is 6.07 Å². The normalized spacial score (nSPS) is 9.65. The third-order valence-corrected chi connectivity index (χ3v) is 2.97. The number of nitrogens with zero attached hydrogens (tertiary/aromatic N) is 1. The number of nitrogens with one attached hydrogen (secondary N) is 1. The maximum atomic E-state index is 12.1. The molecule has 0 atom stereocenters. The molecule has 0 saturated carbocycles. The first-order chi connectivity index (χ1) is 9.63. The zero-order chi connectivity index (χ0) is 14.5. The summed E-state index contributed by atoms with van der Waals surface area (Å²) in [5, 5.41) is 11.6. The van der Waals surface area contributed by atoms with Gasteiger partial charge in [-0.1, -0.05) is 6.07 Å². The van der Waals surface area contributed by atoms with Gasteiger partial charge in [0.1, 0.15) is 5.75 Å². The van der Waals surface area contributed by atoms with E-state index in [1.165, 1.54) is 7.11 Å². The van der Waals surface area contributed by atoms with Gasteiger partial charge in [0.2, 0.25) is 0 Å². The molecule has 0 bridgehead atoms. The van der Waals surface area contributed by atoms with Crippen molar-refractivity contribution in [3.63, 3.8) is 0 Å². The lowest BCUT2D eigenvalue weighted by molar-refractivity contribution is 0.102. The van der Waals surface area contributed by atoms with E-state index >= 15 is 0 Å². The number of carbonyl (C=O) groups is 1. The lowest BCUT2D eigenvalue weighted by Crippen LogP contribution is -2.12. The summed E-state index contributed by atoms with van der Waals surface area (Å²) in [7, 11) is 1.49. The lowest BCUT2D eigenvalue weighted by atomic mass is 10.1. The molecule has 2 aromatic rings. The molecule has 4 nitrogen and oxygen atoms in total. The molecule has 100 valence electrons. The van der Waals surface area contributed by atoms with E-state index < -0.39 is 0 Å². The molecule has 0 aliphatic rings. The third kappa shape index (κ3) is 3.11. The Morgan fingerprint density at radius 1 is 1.30 bits per heavy atom. The predicted octanol–water partition coefficient (Wildman–Crippen LogP) is 3.11. The zero-order valence-corrected chi connectivity index (χ0v) is 11.6. The fourth-order valence-electron chi connectivity index (χ4n) is 1.71. The largest absolute Gasteiger partial charge is 0.495 e. The molecule has 0 radical (unpaired) electrons. The van der Waals surface area contributed by atoms with Crippen molar-refractivity contribution in [2.24, 2.45) is 0 Å². The number of carbonyl (C=O) groups excluding carboxylic acids is 1. The van der Waals surface area contributed by atoms with Gasteiger partial charge in [-0.25, -0.2) is 0 Å². The molecule has 0 fully saturated rings. The van der Waals surface area contributed by atoms with Gasteiger partial charge in [-0.2, -0.15) is 5.26 Å². The van der Waals surface area contributed by atoms with Crippen molar-refractivity contribution >= 4 is 24.2 Å². The van der Waals surface area contributed by atoms with Crippen LogP contribution in [0.5, 0.6) is 5.75 Å². The Hall–Kier alpha value is -2.45. The van der Waals surface area contributed by atoms with Crippen LogP contribution in [0.25, 0.3) is 0 Å². The van der Waals surface area contributed by atoms with Gasteiger partial charge in [-0.15, -0.1) is 12.6 Å². The predicted molar refractivity (Wildman–Crippen MR) is 79.4 cm³/mol. The van der Waals surface area contributed by atoms with Gasteiger partial charge in [0, 0.05) is 16.5 Å². The van der Waals surface area contributed by atoms with Gasteiger partial charge in [0.05, 0.1) is 24.4 Å². The summed E-state index contributed by atoms with van der Waals surface area (Å²) in [6.07, 6.45) is 0. The Labute approximate surface area is 122 Å². The Kier molecular flexibility index (Phi) is 4.28. The molecule has 0 aromatic heterocycles. The maximum absolute atomic E-state index is 12.1. The molecule has 0 heterocycles. The van der Waals surface area contributed by atoms with Crippen LogP contribution in [0.2, 0.25) is 0 Å². The molecule has 0 unspecified atom stereocenters. The molecule has 1 N–H and O–H groups in total. The lowest BCUT2D eigenvalue weighted by Gasteiger charge is -2.10. The number of methoxy groups -OCH3 is 1. The standard InChI is InChI=1S/C15H12N2O2S/c1-19-14-7-10(9-16)5-6-13(14)17-15(18)11-3-2-4-12(20)8-11/h2-8,20H,1H3,(H,17,18). The fourth-order valence-corrected chi connectivity index (χ4v) is 1.93. The quantitative estimate of drug-likeness (QED) is 0.851. The van der Waals surface area contributed by atoms with Gasteiger partial charge in [0.15, 0.2) is 0 Å². The summed E-state index contributed by atoms with van der Waals surface area (Å²) in [5.41, 5.74) is 1.49. The molecule has 0 spiro atoms. The number of amides is 1. The van der Waals surface area contributed by atoms with Crippen LogP contribution in [-0.2, 0) is 0 Å². The molecule has 2 aromatic carbocycles. The molecule has 5 heteroatoms. The molecular formula is C15H12N2O2S. The number of hydrogen-bond donors (Lipinski definition) is 2. The van der Waals surface area contributed by atoms with Crippen molar-refractivity contribution in [3.8, 4) is 11.8 Å². The Morgan fingerprint density at radius 2 is 2.10 bits per heavy atom. The van der Waals surface area contributed by atoms with Crippen LogP contribution >= 0.6 is 12.6 Å². The van der Waals surface area contributed by atoms with Crippen LogP contribution in [0.1, 0.15) is 15.9 Å². The van der Waals surface area contributed by atoms with E-state index in [2.05, 4.69) is 17.9 Å². The Morgan fingerprint density at radius 3 is 2.75 bits per heavy atom. The van der Waals surface area contributed by atoms with E-state index in [4.69, 9.17) is 10.00 Å². The minimum atomic E-state index is -0.260. The van der Waals surface area contributed by atoms with Crippen molar-refractivity contribution < 1.29 is 9.53 Å². The van der Waals surface area contributed by atoms with Crippen LogP contribution in [0.4, 0.5) is 5.69 Å². The molecule has 0 aliphatic carbocycles. The Balaban J connectivity index is 2.26. The minimum absolute atomic E-state index is 0.260. The highest BCUT2D eigenvalue weighted by Gasteiger charge is 2.10. The molecule has 20 heavy (non-hydrogen) atoms. The monoisotopic (exact) mass is 284 g/mol. The summed E-state index contributed by atoms with van der Waals surface area (Å²) >= 11 is 4.20. The average Bonchev–Trinajstić information content (AvgIpc) is 2.47. The number of ether oxygens (including phenoxy) is 1. The van der Waals surface area contributed by atoms with Crippen molar-refractivity contribution in [3.05, 3.63) is 53.6 Å². The van der Waals surface area contributed by atoms with Gasteiger partial charge in [-0.3, -0.25) is 4.79 Å². The highest BCUT2D eigenvalue weighted by molar-refractivity contribution is 7.80. The number of thiol groups is 1. The topological polar surface area (TPSA) is 62.1 Å². The summed E-state index contributed by atoms with van der Waals surface area (Å²) in [4.78, 5) is 12.8. The van der Waals surface area contributed by atoms with Gasteiger partial charge >= 0.3 is 0 Å². The van der Waals surface area contributed by atoms with Crippen molar-refractivity contribution in [2.75, 3.05) is 12.4 Å². The Bertz CT molecular complexity index is 693. The first-order valence-electron chi connectivity index (χ1n) is 5.82. The number of hydrogen-bond acceptors (Lipinski definition) is 4. The maximum Gasteiger partial charge on any atom is 0.255 e. The first kappa shape index (κ1) is 14.0. The van der Waals surface area contributed by atoms with Crippen LogP contribution in [0.3, 0.4) is 0 Å². The van der Waals surface area contributed by atoms with E-state index in [0.717, 1.165) is 0 Å². The van der Waals surface area contributed by atoms with Crippen molar-refractivity contribution in [2.45, 2.75) is 4.90 Å². The summed E-state index contributed by atoms with van der Waals surface area (Å²) < 4.78 is 5.17. The van der Waals surface area contributed by atoms with Gasteiger partial charge in [-0.05, 0) is 30.3 Å². The number of rotatable bonds is 3. The van der Waals surface area contributed by atoms with Crippen LogP contribution in [-0.4, -0.2) is 13.0 Å². The molecule has 0 aliphatic heterocycles. The van der Waals surface area contributed by atoms with Crippen LogP contribution in [0, 0.1) is 11.3 Å². The SMILES string of the molecule is COc1cc(C#N)ccc1NC(=O)c1cccc(S)c1. The van der Waals surface area contributed by atoms with E-state index in [9.17, 15) is 4.79 Å². The molecule has 1 amide bonds. The van der Waals surface area contributed by atoms with Crippen molar-refractivity contribution in [1.29, 1.82) is 5.26 Å². The van der Waals surface area contributed by atoms with Crippen molar-refractivity contribution in [1.82, 2.24) is 0 Å². The smallest absolute Gasteiger partial charge is 0.255 e. The molecule has 2 rings (SSSR count). The fraction of sp³-hybridized carbons (Fsp3) is 0.0667. The number of benzene rings is 2. The third-order valence-electron chi connectivity index (χ3n) is 2.69. The van der Waals surface area contributed by atoms with Gasteiger partial charge in [0.25, 0.3) is 5.91 Å². The highest BCUT2D eigenvalue weighted by Crippen LogP contribution is 2.26. The van der Waals surface area contributed by atoms with E-state index in [-0.39, 0.29) is 5.91 Å². The first-order valence-corrected chi connectivity index (χ1v) is 6.27. The highest BCUT2D eigenvalue weighted by atomic mass is 32.1. The molecule has 0 saturated heterocycles. The average molecular weight is 284 g/mol. The molecular weight excluding hydrogens is 272 g/mol. The summed E-state index contributed by atoms with van der Waals surface area (Å²) in [5.74, 6) is 0.184. The van der Waals surface area contributed by atoms with Crippen LogP contribution < -0.4 is 10.1 Å². The van der Waals surface area contributed by atoms with E-state index in [0.29, 0.717) is 27.5 Å². The summed E-state index contributed by atoms with van der Waals surface area (Å²) in [6, 6.07) is 13.8. The minimum Gasteiger partial charge on any atom is -0.495 e. The number of nitriles is 1. The van der Waals surface area contributed by atoms with Crippen LogP contribution in [0.15, 0.2) is 47.4 Å². The zero-order valence-electron chi connectivity index (χ0n) is 10.8.